The van der Waals surface area contributed by atoms with E-state index in [1.165, 1.54) is 17.7 Å². The molecular weight excluding hydrogens is 352 g/mol. The van der Waals surface area contributed by atoms with E-state index in [1.54, 1.807) is 14.2 Å². The Balaban J connectivity index is 1.43. The summed E-state index contributed by atoms with van der Waals surface area (Å²) in [5.41, 5.74) is 2.41. The third-order valence-electron chi connectivity index (χ3n) is 5.30. The van der Waals surface area contributed by atoms with E-state index in [0.29, 0.717) is 12.5 Å². The summed E-state index contributed by atoms with van der Waals surface area (Å²) >= 11 is 0. The standard InChI is InChI=1S/C22H32N4O2/c1-25(12-13-27-2)22-9-8-18(16-24-22)14-23-15-19-10-11-26(17-19)20-6-4-5-7-21(20)28-3/h4-9,16,19,23H,10-15,17H2,1-3H3/t19-/m1/s1. The van der Waals surface area contributed by atoms with Gasteiger partial charge in [0.2, 0.25) is 0 Å². The van der Waals surface area contributed by atoms with E-state index in [9.17, 15) is 0 Å². The SMILES string of the molecule is COCCN(C)c1ccc(CNC[C@H]2CCN(c3ccccc3OC)C2)cn1. The molecule has 0 amide bonds. The molecule has 152 valence electrons. The minimum atomic E-state index is 0.650. The number of nitrogens with zero attached hydrogens (tertiary/aromatic N) is 3. The van der Waals surface area contributed by atoms with Crippen LogP contribution in [0.1, 0.15) is 12.0 Å². The van der Waals surface area contributed by atoms with Crippen molar-refractivity contribution in [2.45, 2.75) is 13.0 Å². The second-order valence-electron chi connectivity index (χ2n) is 7.34. The van der Waals surface area contributed by atoms with Crippen LogP contribution in [0.15, 0.2) is 42.6 Å². The average molecular weight is 385 g/mol. The minimum absolute atomic E-state index is 0.650. The predicted octanol–water partition coefficient (Wildman–Crippen LogP) is 2.79. The maximum absolute atomic E-state index is 5.51. The van der Waals surface area contributed by atoms with Crippen LogP contribution in [0.2, 0.25) is 0 Å². The summed E-state index contributed by atoms with van der Waals surface area (Å²) in [6.07, 6.45) is 3.16. The van der Waals surface area contributed by atoms with E-state index >= 15 is 0 Å². The van der Waals surface area contributed by atoms with E-state index in [-0.39, 0.29) is 0 Å². The van der Waals surface area contributed by atoms with E-state index in [4.69, 9.17) is 9.47 Å². The van der Waals surface area contributed by atoms with Gasteiger partial charge in [-0.05, 0) is 36.1 Å². The molecule has 6 nitrogen and oxygen atoms in total. The Morgan fingerprint density at radius 1 is 1.21 bits per heavy atom. The normalized spacial score (nSPS) is 16.4. The van der Waals surface area contributed by atoms with Crippen LogP contribution in [0.4, 0.5) is 11.5 Å². The van der Waals surface area contributed by atoms with Gasteiger partial charge in [0.1, 0.15) is 11.6 Å². The van der Waals surface area contributed by atoms with Crippen molar-refractivity contribution in [1.82, 2.24) is 10.3 Å². The molecule has 1 atom stereocenters. The Bertz CT molecular complexity index is 723. The van der Waals surface area contributed by atoms with Gasteiger partial charge in [-0.3, -0.25) is 0 Å². The average Bonchev–Trinajstić information content (AvgIpc) is 3.21. The highest BCUT2D eigenvalue weighted by Gasteiger charge is 2.24. The first-order chi connectivity index (χ1) is 13.7. The second kappa shape index (κ2) is 10.3. The number of hydrogen-bond acceptors (Lipinski definition) is 6. The van der Waals surface area contributed by atoms with E-state index < -0.39 is 0 Å². The van der Waals surface area contributed by atoms with Crippen molar-refractivity contribution in [1.29, 1.82) is 0 Å². The molecule has 0 bridgehead atoms. The molecule has 1 aromatic carbocycles. The van der Waals surface area contributed by atoms with Gasteiger partial charge in [-0.1, -0.05) is 18.2 Å². The molecule has 1 aliphatic rings. The lowest BCUT2D eigenvalue weighted by Gasteiger charge is -2.21. The molecule has 0 saturated carbocycles. The van der Waals surface area contributed by atoms with Gasteiger partial charge in [0.05, 0.1) is 19.4 Å². The van der Waals surface area contributed by atoms with E-state index in [1.807, 2.05) is 25.4 Å². The Morgan fingerprint density at radius 2 is 2.07 bits per heavy atom. The maximum atomic E-state index is 5.51. The minimum Gasteiger partial charge on any atom is -0.495 e. The number of likely N-dealkylation sites (N-methyl/N-ethyl adjacent to an activating group) is 1. The van der Waals surface area contributed by atoms with E-state index in [0.717, 1.165) is 44.3 Å². The fraction of sp³-hybridized carbons (Fsp3) is 0.500. The zero-order valence-electron chi connectivity index (χ0n) is 17.2. The lowest BCUT2D eigenvalue weighted by Crippen LogP contribution is -2.26. The van der Waals surface area contributed by atoms with Gasteiger partial charge in [-0.15, -0.1) is 0 Å². The number of hydrogen-bond donors (Lipinski definition) is 1. The number of ether oxygens (including phenoxy) is 2. The van der Waals surface area contributed by atoms with Crippen molar-refractivity contribution in [2.24, 2.45) is 5.92 Å². The molecule has 28 heavy (non-hydrogen) atoms. The van der Waals surface area contributed by atoms with E-state index in [2.05, 4.69) is 44.4 Å². The van der Waals surface area contributed by atoms with Crippen LogP contribution in [0.5, 0.6) is 5.75 Å². The van der Waals surface area contributed by atoms with Crippen LogP contribution >= 0.6 is 0 Å². The number of rotatable bonds is 10. The van der Waals surface area contributed by atoms with Crippen LogP contribution in [0, 0.1) is 5.92 Å². The highest BCUT2D eigenvalue weighted by molar-refractivity contribution is 5.59. The van der Waals surface area contributed by atoms with Gasteiger partial charge in [0.25, 0.3) is 0 Å². The molecule has 1 fully saturated rings. The molecule has 0 radical (unpaired) electrons. The number of methoxy groups -OCH3 is 2. The van der Waals surface area contributed by atoms with Gasteiger partial charge in [-0.2, -0.15) is 0 Å². The molecule has 1 N–H and O–H groups in total. The Hall–Kier alpha value is -2.31. The second-order valence-corrected chi connectivity index (χ2v) is 7.34. The number of para-hydroxylation sites is 2. The number of benzene rings is 1. The maximum Gasteiger partial charge on any atom is 0.142 e. The van der Waals surface area contributed by atoms with Crippen molar-refractivity contribution in [3.05, 3.63) is 48.2 Å². The molecule has 0 spiro atoms. The Labute approximate surface area is 168 Å². The first-order valence-corrected chi connectivity index (χ1v) is 9.95. The van der Waals surface area contributed by atoms with Crippen LogP contribution in [0.25, 0.3) is 0 Å². The molecule has 1 saturated heterocycles. The summed E-state index contributed by atoms with van der Waals surface area (Å²) in [6, 6.07) is 12.5. The van der Waals surface area contributed by atoms with Crippen molar-refractivity contribution in [2.75, 3.05) is 63.9 Å². The molecule has 0 aliphatic carbocycles. The molecule has 6 heteroatoms. The van der Waals surface area contributed by atoms with Crippen molar-refractivity contribution in [3.63, 3.8) is 0 Å². The summed E-state index contributed by atoms with van der Waals surface area (Å²) in [6.45, 7) is 5.55. The predicted molar refractivity (Wildman–Crippen MR) is 114 cm³/mol. The van der Waals surface area contributed by atoms with Gasteiger partial charge in [-0.25, -0.2) is 4.98 Å². The first-order valence-electron chi connectivity index (χ1n) is 9.95. The van der Waals surface area contributed by atoms with Crippen molar-refractivity contribution in [3.8, 4) is 5.75 Å². The molecule has 2 aromatic rings. The number of anilines is 2. The monoisotopic (exact) mass is 384 g/mol. The van der Waals surface area contributed by atoms with Crippen LogP contribution < -0.4 is 19.9 Å². The quantitative estimate of drug-likeness (QED) is 0.680. The van der Waals surface area contributed by atoms with Gasteiger partial charge in [0, 0.05) is 53.1 Å². The molecular formula is C22H32N4O2. The number of aromatic nitrogens is 1. The van der Waals surface area contributed by atoms with Gasteiger partial charge >= 0.3 is 0 Å². The molecule has 0 unspecified atom stereocenters. The molecule has 1 aliphatic heterocycles. The third kappa shape index (κ3) is 5.36. The number of nitrogens with one attached hydrogen (secondary N) is 1. The largest absolute Gasteiger partial charge is 0.495 e. The summed E-state index contributed by atoms with van der Waals surface area (Å²) in [5, 5.41) is 3.60. The fourth-order valence-electron chi connectivity index (χ4n) is 3.62. The van der Waals surface area contributed by atoms with Gasteiger partial charge in [0.15, 0.2) is 0 Å². The Kier molecular flexibility index (Phi) is 7.51. The summed E-state index contributed by atoms with van der Waals surface area (Å²) in [4.78, 5) is 9.09. The zero-order valence-corrected chi connectivity index (χ0v) is 17.2. The van der Waals surface area contributed by atoms with Crippen molar-refractivity contribution >= 4 is 11.5 Å². The third-order valence-corrected chi connectivity index (χ3v) is 5.30. The highest BCUT2D eigenvalue weighted by Crippen LogP contribution is 2.31. The summed E-state index contributed by atoms with van der Waals surface area (Å²) in [5.74, 6) is 2.58. The fourth-order valence-corrected chi connectivity index (χ4v) is 3.62. The van der Waals surface area contributed by atoms with Crippen LogP contribution in [0.3, 0.4) is 0 Å². The zero-order chi connectivity index (χ0) is 19.8. The Morgan fingerprint density at radius 3 is 2.82 bits per heavy atom. The first kappa shape index (κ1) is 20.4. The molecule has 1 aromatic heterocycles. The van der Waals surface area contributed by atoms with Crippen LogP contribution in [-0.4, -0.2) is 59.0 Å². The highest BCUT2D eigenvalue weighted by atomic mass is 16.5. The smallest absolute Gasteiger partial charge is 0.142 e. The summed E-state index contributed by atoms with van der Waals surface area (Å²) < 4.78 is 10.6. The molecule has 2 heterocycles. The van der Waals surface area contributed by atoms with Crippen LogP contribution in [-0.2, 0) is 11.3 Å². The summed E-state index contributed by atoms with van der Waals surface area (Å²) in [7, 11) is 5.49. The lowest BCUT2D eigenvalue weighted by molar-refractivity contribution is 0.206. The number of pyridine rings is 1. The molecule has 3 rings (SSSR count). The lowest BCUT2D eigenvalue weighted by atomic mass is 10.1. The van der Waals surface area contributed by atoms with Gasteiger partial charge < -0.3 is 24.6 Å². The van der Waals surface area contributed by atoms with Crippen molar-refractivity contribution < 1.29 is 9.47 Å². The topological polar surface area (TPSA) is 49.9 Å².